The van der Waals surface area contributed by atoms with E-state index in [9.17, 15) is 22.8 Å². The molecule has 6 nitrogen and oxygen atoms in total. The van der Waals surface area contributed by atoms with Crippen LogP contribution in [0.5, 0.6) is 5.75 Å². The number of carbonyl (C=O) groups is 2. The third-order valence-corrected chi connectivity index (χ3v) is 6.58. The molecule has 37 heavy (non-hydrogen) atoms. The average molecular weight is 508 g/mol. The maximum atomic E-state index is 13.6. The Morgan fingerprint density at radius 1 is 0.784 bits per heavy atom. The lowest BCUT2D eigenvalue weighted by atomic mass is 9.93. The summed E-state index contributed by atoms with van der Waals surface area (Å²) in [4.78, 5) is 31.9. The molecule has 0 saturated carbocycles. The minimum atomic E-state index is -4.60. The molecule has 3 aromatic carbocycles. The lowest BCUT2D eigenvalue weighted by Gasteiger charge is -2.37. The van der Waals surface area contributed by atoms with Crippen molar-refractivity contribution in [2.45, 2.75) is 6.18 Å². The van der Waals surface area contributed by atoms with E-state index >= 15 is 0 Å². The first-order valence-electron chi connectivity index (χ1n) is 11.8. The van der Waals surface area contributed by atoms with Gasteiger partial charge >= 0.3 is 6.18 Å². The summed E-state index contributed by atoms with van der Waals surface area (Å²) in [6, 6.07) is 18.7. The van der Waals surface area contributed by atoms with Gasteiger partial charge in [0.2, 0.25) is 0 Å². The molecule has 0 spiro atoms. The average Bonchev–Trinajstić information content (AvgIpc) is 2.91. The third-order valence-electron chi connectivity index (χ3n) is 6.58. The first kappa shape index (κ1) is 24.4. The quantitative estimate of drug-likeness (QED) is 0.365. The number of nitrogens with zero attached hydrogens (tertiary/aromatic N) is 3. The van der Waals surface area contributed by atoms with Crippen LogP contribution >= 0.6 is 0 Å². The molecule has 9 heteroatoms. The Hall–Kier alpha value is -4.27. The van der Waals surface area contributed by atoms with E-state index in [1.807, 2.05) is 29.2 Å². The molecule has 1 fully saturated rings. The normalized spacial score (nSPS) is 17.3. The molecule has 0 atom stereocenters. The number of hydrogen-bond donors (Lipinski definition) is 0. The Bertz CT molecular complexity index is 1360. The van der Waals surface area contributed by atoms with E-state index in [-0.39, 0.29) is 16.8 Å². The Kier molecular flexibility index (Phi) is 6.37. The summed E-state index contributed by atoms with van der Waals surface area (Å²) >= 11 is 0. The van der Waals surface area contributed by atoms with E-state index in [1.54, 1.807) is 37.6 Å². The Morgan fingerprint density at radius 2 is 1.46 bits per heavy atom. The van der Waals surface area contributed by atoms with Crippen molar-refractivity contribution in [2.24, 2.45) is 0 Å². The zero-order chi connectivity index (χ0) is 26.2. The third kappa shape index (κ3) is 4.76. The van der Waals surface area contributed by atoms with Gasteiger partial charge in [0.05, 0.1) is 23.9 Å². The van der Waals surface area contributed by atoms with E-state index in [0.29, 0.717) is 31.7 Å². The number of hydrogen-bond acceptors (Lipinski definition) is 5. The summed E-state index contributed by atoms with van der Waals surface area (Å²) < 4.78 is 45.2. The van der Waals surface area contributed by atoms with Crippen LogP contribution in [0.25, 0.3) is 5.57 Å². The zero-order valence-electron chi connectivity index (χ0n) is 20.0. The summed E-state index contributed by atoms with van der Waals surface area (Å²) in [5.74, 6) is -0.525. The molecule has 0 aliphatic carbocycles. The van der Waals surface area contributed by atoms with Crippen LogP contribution in [0.3, 0.4) is 0 Å². The minimum absolute atomic E-state index is 0.116. The second-order valence-electron chi connectivity index (χ2n) is 8.80. The van der Waals surface area contributed by atoms with Gasteiger partial charge in [0.15, 0.2) is 0 Å². The van der Waals surface area contributed by atoms with Crippen LogP contribution in [0.2, 0.25) is 0 Å². The fourth-order valence-corrected chi connectivity index (χ4v) is 4.62. The lowest BCUT2D eigenvalue weighted by Crippen LogP contribution is -2.46. The van der Waals surface area contributed by atoms with Crippen LogP contribution in [0.15, 0.2) is 79.0 Å². The second-order valence-corrected chi connectivity index (χ2v) is 8.80. The lowest BCUT2D eigenvalue weighted by molar-refractivity contribution is -0.137. The Balaban J connectivity index is 1.43. The molecular formula is C28H24F3N3O3. The number of carbonyl (C=O) groups excluding carboxylic acids is 2. The minimum Gasteiger partial charge on any atom is -0.497 e. The maximum absolute atomic E-state index is 13.6. The fraction of sp³-hybridized carbons (Fsp3) is 0.214. The van der Waals surface area contributed by atoms with Crippen molar-refractivity contribution in [3.8, 4) is 5.75 Å². The van der Waals surface area contributed by atoms with Crippen molar-refractivity contribution in [3.05, 3.63) is 95.7 Å². The molecule has 0 aromatic heterocycles. The highest BCUT2D eigenvalue weighted by molar-refractivity contribution is 6.41. The van der Waals surface area contributed by atoms with E-state index in [0.717, 1.165) is 28.5 Å². The highest BCUT2D eigenvalue weighted by atomic mass is 19.4. The van der Waals surface area contributed by atoms with E-state index in [1.165, 1.54) is 12.1 Å². The number of fused-ring (bicyclic) bond motifs is 1. The van der Waals surface area contributed by atoms with Gasteiger partial charge in [-0.15, -0.1) is 0 Å². The van der Waals surface area contributed by atoms with Crippen molar-refractivity contribution in [1.82, 2.24) is 4.90 Å². The van der Waals surface area contributed by atoms with Crippen LogP contribution in [0, 0.1) is 0 Å². The number of anilines is 2. The molecule has 0 N–H and O–H groups in total. The van der Waals surface area contributed by atoms with Crippen molar-refractivity contribution >= 4 is 28.8 Å². The predicted octanol–water partition coefficient (Wildman–Crippen LogP) is 5.06. The topological polar surface area (TPSA) is 53.1 Å². The molecule has 2 aliphatic rings. The van der Waals surface area contributed by atoms with Gasteiger partial charge in [-0.1, -0.05) is 24.3 Å². The number of alkyl halides is 3. The SMILES string of the molecule is COc1ccc(N2CCN(/C=C3\C(=O)N(c4cccc(C(F)(F)F)c4)C(=O)c4ccccc43)CC2)cc1. The van der Waals surface area contributed by atoms with Gasteiger partial charge in [-0.2, -0.15) is 13.2 Å². The van der Waals surface area contributed by atoms with Gasteiger partial charge in [0.1, 0.15) is 5.75 Å². The monoisotopic (exact) mass is 507 g/mol. The number of halogens is 3. The van der Waals surface area contributed by atoms with Crippen molar-refractivity contribution < 1.29 is 27.5 Å². The smallest absolute Gasteiger partial charge is 0.416 e. The number of amides is 2. The molecule has 2 amide bonds. The van der Waals surface area contributed by atoms with Crippen LogP contribution < -0.4 is 14.5 Å². The largest absolute Gasteiger partial charge is 0.497 e. The van der Waals surface area contributed by atoms with Crippen molar-refractivity contribution in [2.75, 3.05) is 43.1 Å². The Labute approximate surface area is 212 Å². The summed E-state index contributed by atoms with van der Waals surface area (Å²) in [7, 11) is 1.62. The maximum Gasteiger partial charge on any atom is 0.416 e. The number of imide groups is 1. The zero-order valence-corrected chi connectivity index (χ0v) is 20.0. The fourth-order valence-electron chi connectivity index (χ4n) is 4.62. The van der Waals surface area contributed by atoms with Crippen molar-refractivity contribution in [1.29, 1.82) is 0 Å². The van der Waals surface area contributed by atoms with Gasteiger partial charge in [-0.05, 0) is 48.5 Å². The first-order valence-corrected chi connectivity index (χ1v) is 11.8. The molecular weight excluding hydrogens is 483 g/mol. The molecule has 0 unspecified atom stereocenters. The summed E-state index contributed by atoms with van der Waals surface area (Å²) in [5, 5.41) is 0. The van der Waals surface area contributed by atoms with E-state index in [4.69, 9.17) is 4.74 Å². The first-order chi connectivity index (χ1) is 17.8. The van der Waals surface area contributed by atoms with Crippen LogP contribution in [0.1, 0.15) is 21.5 Å². The second kappa shape index (κ2) is 9.65. The molecule has 0 radical (unpaired) electrons. The molecule has 2 heterocycles. The van der Waals surface area contributed by atoms with Crippen LogP contribution in [-0.4, -0.2) is 50.0 Å². The molecule has 2 aliphatic heterocycles. The van der Waals surface area contributed by atoms with Gasteiger partial charge in [-0.25, -0.2) is 4.90 Å². The molecule has 5 rings (SSSR count). The summed E-state index contributed by atoms with van der Waals surface area (Å²) in [5.41, 5.74) is 1.03. The number of ether oxygens (including phenoxy) is 1. The van der Waals surface area contributed by atoms with Crippen molar-refractivity contribution in [3.63, 3.8) is 0 Å². The summed E-state index contributed by atoms with van der Waals surface area (Å²) in [6.45, 7) is 2.68. The van der Waals surface area contributed by atoms with Gasteiger partial charge < -0.3 is 14.5 Å². The van der Waals surface area contributed by atoms with E-state index in [2.05, 4.69) is 4.90 Å². The van der Waals surface area contributed by atoms with Gasteiger partial charge in [-0.3, -0.25) is 9.59 Å². The Morgan fingerprint density at radius 3 is 2.11 bits per heavy atom. The number of piperazine rings is 1. The molecule has 3 aromatic rings. The van der Waals surface area contributed by atoms with E-state index < -0.39 is 23.6 Å². The number of benzene rings is 3. The molecule has 1 saturated heterocycles. The molecule has 0 bridgehead atoms. The van der Waals surface area contributed by atoms with Gasteiger partial charge in [0.25, 0.3) is 11.8 Å². The van der Waals surface area contributed by atoms with Crippen LogP contribution in [0.4, 0.5) is 24.5 Å². The highest BCUT2D eigenvalue weighted by Gasteiger charge is 2.38. The van der Waals surface area contributed by atoms with Gasteiger partial charge in [0, 0.05) is 49.2 Å². The highest BCUT2D eigenvalue weighted by Crippen LogP contribution is 2.36. The molecule has 190 valence electrons. The number of rotatable bonds is 4. The summed E-state index contributed by atoms with van der Waals surface area (Å²) in [6.07, 6.45) is -2.88. The number of methoxy groups -OCH3 is 1. The standard InChI is InChI=1S/C28H24F3N3O3/c1-37-22-11-9-20(10-12-22)33-15-13-32(14-16-33)18-25-23-7-2-3-8-24(23)26(35)34(27(25)36)21-6-4-5-19(17-21)28(29,30)31/h2-12,17-18H,13-16H2,1H3/b25-18-. The predicted molar refractivity (Wildman–Crippen MR) is 134 cm³/mol. The van der Waals surface area contributed by atoms with Crippen LogP contribution in [-0.2, 0) is 11.0 Å².